The summed E-state index contributed by atoms with van der Waals surface area (Å²) in [6.07, 6.45) is 6.94. The van der Waals surface area contributed by atoms with Crippen LogP contribution in [0.4, 0.5) is 28.8 Å². The van der Waals surface area contributed by atoms with Gasteiger partial charge in [0.25, 0.3) is 0 Å². The molecule has 10 nitrogen and oxygen atoms in total. The van der Waals surface area contributed by atoms with E-state index in [0.717, 1.165) is 74.2 Å². The predicted octanol–water partition coefficient (Wildman–Crippen LogP) is 2.46. The zero-order valence-corrected chi connectivity index (χ0v) is 21.3. The van der Waals surface area contributed by atoms with Gasteiger partial charge in [0.05, 0.1) is 25.6 Å². The minimum absolute atomic E-state index is 0.0931. The first kappa shape index (κ1) is 24.6. The number of nitrogens with zero attached hydrogens (tertiary/aromatic N) is 6. The molecule has 2 fully saturated rings. The number of aromatic nitrogens is 2. The molecule has 2 N–H and O–H groups in total. The van der Waals surface area contributed by atoms with Crippen molar-refractivity contribution in [3.8, 4) is 5.75 Å². The van der Waals surface area contributed by atoms with Gasteiger partial charge in [0.15, 0.2) is 5.82 Å². The van der Waals surface area contributed by atoms with Crippen LogP contribution in [0.3, 0.4) is 0 Å². The molecule has 0 spiro atoms. The van der Waals surface area contributed by atoms with Crippen LogP contribution in [0.25, 0.3) is 0 Å². The normalized spacial score (nSPS) is 19.4. The van der Waals surface area contributed by atoms with Crippen molar-refractivity contribution < 1.29 is 14.6 Å². The third kappa shape index (κ3) is 5.05. The third-order valence-electron chi connectivity index (χ3n) is 7.67. The standard InChI is InChI=1S/C26H37N7O3/c1-30-22-18-27-26(29-25(22)33(10-9-24(30)35)19-5-3-4-6-19)28-21-8-7-20(17-23(21)36-2)32-13-11-31(12-14-32)15-16-34/h7-8,17-19,34H,3-6,9-16H2,1-2H3,(H,27,28,29). The van der Waals surface area contributed by atoms with Gasteiger partial charge in [-0.1, -0.05) is 12.8 Å². The van der Waals surface area contributed by atoms with Gasteiger partial charge in [-0.15, -0.1) is 0 Å². The summed E-state index contributed by atoms with van der Waals surface area (Å²) in [4.78, 5) is 30.7. The zero-order valence-electron chi connectivity index (χ0n) is 21.3. The Hall–Kier alpha value is -3.11. The van der Waals surface area contributed by atoms with Crippen LogP contribution < -0.4 is 24.8 Å². The lowest BCUT2D eigenvalue weighted by Gasteiger charge is -2.36. The fourth-order valence-electron chi connectivity index (χ4n) is 5.54. The number of benzene rings is 1. The number of fused-ring (bicyclic) bond motifs is 1. The van der Waals surface area contributed by atoms with E-state index in [9.17, 15) is 9.90 Å². The van der Waals surface area contributed by atoms with E-state index in [2.05, 4.69) is 31.1 Å². The fraction of sp³-hybridized carbons (Fsp3) is 0.577. The number of anilines is 5. The van der Waals surface area contributed by atoms with Crippen molar-refractivity contribution >= 4 is 34.7 Å². The first-order valence-electron chi connectivity index (χ1n) is 13.0. The summed E-state index contributed by atoms with van der Waals surface area (Å²) in [7, 11) is 3.48. The van der Waals surface area contributed by atoms with Gasteiger partial charge in [-0.05, 0) is 25.0 Å². The summed E-state index contributed by atoms with van der Waals surface area (Å²) >= 11 is 0. The molecule has 10 heteroatoms. The van der Waals surface area contributed by atoms with E-state index in [1.807, 2.05) is 12.1 Å². The first-order chi connectivity index (χ1) is 17.6. The Morgan fingerprint density at radius 2 is 1.92 bits per heavy atom. The Morgan fingerprint density at radius 1 is 1.14 bits per heavy atom. The number of amides is 1. The molecular formula is C26H37N7O3. The number of hydrogen-bond donors (Lipinski definition) is 2. The molecule has 36 heavy (non-hydrogen) atoms. The topological polar surface area (TPSA) is 97.3 Å². The molecule has 1 saturated carbocycles. The molecule has 1 aliphatic carbocycles. The zero-order chi connectivity index (χ0) is 25.1. The van der Waals surface area contributed by atoms with Gasteiger partial charge < -0.3 is 29.9 Å². The highest BCUT2D eigenvalue weighted by atomic mass is 16.5. The average Bonchev–Trinajstić information content (AvgIpc) is 3.40. The smallest absolute Gasteiger partial charge is 0.229 e. The molecule has 2 aromatic rings. The third-order valence-corrected chi connectivity index (χ3v) is 7.67. The van der Waals surface area contributed by atoms with Crippen LogP contribution in [-0.2, 0) is 4.79 Å². The highest BCUT2D eigenvalue weighted by Gasteiger charge is 2.31. The van der Waals surface area contributed by atoms with Crippen molar-refractivity contribution in [3.63, 3.8) is 0 Å². The minimum Gasteiger partial charge on any atom is -0.494 e. The number of aliphatic hydroxyl groups excluding tert-OH is 1. The van der Waals surface area contributed by atoms with E-state index in [4.69, 9.17) is 9.72 Å². The summed E-state index contributed by atoms with van der Waals surface area (Å²) in [5.41, 5.74) is 2.67. The van der Waals surface area contributed by atoms with Crippen molar-refractivity contribution in [2.75, 3.05) is 80.0 Å². The number of hydrogen-bond acceptors (Lipinski definition) is 9. The predicted molar refractivity (Wildman–Crippen MR) is 142 cm³/mol. The Balaban J connectivity index is 1.37. The van der Waals surface area contributed by atoms with E-state index < -0.39 is 0 Å². The van der Waals surface area contributed by atoms with Crippen LogP contribution in [-0.4, -0.2) is 92.0 Å². The average molecular weight is 496 g/mol. The molecule has 1 amide bonds. The molecule has 3 heterocycles. The Morgan fingerprint density at radius 3 is 2.64 bits per heavy atom. The van der Waals surface area contributed by atoms with Crippen molar-refractivity contribution in [2.24, 2.45) is 0 Å². The lowest BCUT2D eigenvalue weighted by Crippen LogP contribution is -2.47. The van der Waals surface area contributed by atoms with Gasteiger partial charge in [0, 0.05) is 70.5 Å². The maximum atomic E-state index is 12.6. The number of aliphatic hydroxyl groups is 1. The van der Waals surface area contributed by atoms with Crippen LogP contribution in [0.5, 0.6) is 5.75 Å². The molecule has 5 rings (SSSR count). The first-order valence-corrected chi connectivity index (χ1v) is 13.0. The number of carbonyl (C=O) groups is 1. The van der Waals surface area contributed by atoms with E-state index in [1.165, 1.54) is 12.8 Å². The summed E-state index contributed by atoms with van der Waals surface area (Å²) in [6.45, 7) is 5.29. The summed E-state index contributed by atoms with van der Waals surface area (Å²) in [5.74, 6) is 2.13. The molecule has 0 radical (unpaired) electrons. The SMILES string of the molecule is COc1cc(N2CCN(CCO)CC2)ccc1Nc1ncc2c(n1)N(C1CCCC1)CCC(=O)N2C. The fourth-order valence-corrected chi connectivity index (χ4v) is 5.54. The molecule has 1 saturated heterocycles. The summed E-state index contributed by atoms with van der Waals surface area (Å²) in [6, 6.07) is 6.56. The van der Waals surface area contributed by atoms with Gasteiger partial charge in [0.2, 0.25) is 11.9 Å². The quantitative estimate of drug-likeness (QED) is 0.600. The largest absolute Gasteiger partial charge is 0.494 e. The summed E-state index contributed by atoms with van der Waals surface area (Å²) in [5, 5.41) is 12.5. The van der Waals surface area contributed by atoms with E-state index in [0.29, 0.717) is 25.0 Å². The molecule has 2 aliphatic heterocycles. The second-order valence-corrected chi connectivity index (χ2v) is 9.80. The number of nitrogens with one attached hydrogen (secondary N) is 1. The van der Waals surface area contributed by atoms with Crippen LogP contribution in [0.1, 0.15) is 32.1 Å². The maximum absolute atomic E-state index is 12.6. The number of piperazine rings is 1. The molecule has 194 valence electrons. The Labute approximate surface area is 212 Å². The van der Waals surface area contributed by atoms with Crippen LogP contribution in [0.2, 0.25) is 0 Å². The number of ether oxygens (including phenoxy) is 1. The number of methoxy groups -OCH3 is 1. The van der Waals surface area contributed by atoms with Crippen LogP contribution in [0, 0.1) is 0 Å². The van der Waals surface area contributed by atoms with Gasteiger partial charge in [0.1, 0.15) is 11.4 Å². The van der Waals surface area contributed by atoms with Gasteiger partial charge in [-0.3, -0.25) is 9.69 Å². The minimum atomic E-state index is 0.0931. The molecular weight excluding hydrogens is 458 g/mol. The van der Waals surface area contributed by atoms with Gasteiger partial charge in [-0.25, -0.2) is 4.98 Å². The van der Waals surface area contributed by atoms with E-state index >= 15 is 0 Å². The highest BCUT2D eigenvalue weighted by Crippen LogP contribution is 2.37. The van der Waals surface area contributed by atoms with Crippen LogP contribution in [0.15, 0.2) is 24.4 Å². The Bertz CT molecular complexity index is 1070. The molecule has 0 atom stereocenters. The monoisotopic (exact) mass is 495 g/mol. The highest BCUT2D eigenvalue weighted by molar-refractivity contribution is 5.97. The Kier molecular flexibility index (Phi) is 7.43. The van der Waals surface area contributed by atoms with Crippen molar-refractivity contribution in [3.05, 3.63) is 24.4 Å². The molecule has 3 aliphatic rings. The number of β-amino-alcohol motifs (C(OH)–C–C–N with tert-alkyl or cyclic N) is 1. The van der Waals surface area contributed by atoms with Crippen molar-refractivity contribution in [2.45, 2.75) is 38.1 Å². The number of rotatable bonds is 7. The molecule has 1 aromatic carbocycles. The van der Waals surface area contributed by atoms with Crippen molar-refractivity contribution in [1.29, 1.82) is 0 Å². The second-order valence-electron chi connectivity index (χ2n) is 9.80. The molecule has 0 unspecified atom stereocenters. The molecule has 1 aromatic heterocycles. The van der Waals surface area contributed by atoms with Crippen LogP contribution >= 0.6 is 0 Å². The summed E-state index contributed by atoms with van der Waals surface area (Å²) < 4.78 is 5.72. The lowest BCUT2D eigenvalue weighted by molar-refractivity contribution is -0.118. The second kappa shape index (κ2) is 10.9. The number of carbonyl (C=O) groups excluding carboxylic acids is 1. The van der Waals surface area contributed by atoms with Crippen molar-refractivity contribution in [1.82, 2.24) is 14.9 Å². The van der Waals surface area contributed by atoms with Gasteiger partial charge >= 0.3 is 0 Å². The maximum Gasteiger partial charge on any atom is 0.229 e. The molecule has 0 bridgehead atoms. The lowest BCUT2D eigenvalue weighted by atomic mass is 10.2. The van der Waals surface area contributed by atoms with E-state index in [1.54, 1.807) is 25.3 Å². The van der Waals surface area contributed by atoms with Gasteiger partial charge in [-0.2, -0.15) is 4.98 Å². The van der Waals surface area contributed by atoms with E-state index in [-0.39, 0.29) is 12.5 Å².